The lowest BCUT2D eigenvalue weighted by Gasteiger charge is -2.40. The second-order valence-electron chi connectivity index (χ2n) is 7.62. The molecule has 2 nitrogen and oxygen atoms in total. The highest BCUT2D eigenvalue weighted by molar-refractivity contribution is 6.74. The quantitative estimate of drug-likeness (QED) is 0.680. The van der Waals surface area contributed by atoms with Gasteiger partial charge in [0.05, 0.1) is 5.76 Å². The van der Waals surface area contributed by atoms with Crippen molar-refractivity contribution in [2.75, 3.05) is 0 Å². The molecular formula is C15H28O2Si. The lowest BCUT2D eigenvalue weighted by Crippen LogP contribution is -2.42. The number of carbonyl (C=O) groups is 1. The molecule has 0 fully saturated rings. The van der Waals surface area contributed by atoms with Gasteiger partial charge in [-0.2, -0.15) is 0 Å². The maximum absolute atomic E-state index is 12.3. The van der Waals surface area contributed by atoms with Gasteiger partial charge in [0, 0.05) is 17.4 Å². The molecule has 104 valence electrons. The summed E-state index contributed by atoms with van der Waals surface area (Å²) in [6.45, 7) is 17.1. The van der Waals surface area contributed by atoms with E-state index in [1.807, 2.05) is 20.8 Å². The highest BCUT2D eigenvalue weighted by Gasteiger charge is 2.42. The molecule has 0 amide bonds. The average molecular weight is 268 g/mol. The summed E-state index contributed by atoms with van der Waals surface area (Å²) in [5.41, 5.74) is 0.626. The summed E-state index contributed by atoms with van der Waals surface area (Å²) in [4.78, 5) is 12.3. The molecule has 1 aliphatic carbocycles. The summed E-state index contributed by atoms with van der Waals surface area (Å²) in [7, 11) is -1.82. The first-order valence-electron chi connectivity index (χ1n) is 6.82. The lowest BCUT2D eigenvalue weighted by atomic mass is 9.76. The fourth-order valence-electron chi connectivity index (χ4n) is 1.95. The number of Topliss-reactive ketones (excluding diaryl/α,β-unsaturated/α-hetero) is 1. The van der Waals surface area contributed by atoms with E-state index in [1.165, 1.54) is 0 Å². The minimum atomic E-state index is -1.82. The van der Waals surface area contributed by atoms with Crippen molar-refractivity contribution in [2.24, 2.45) is 5.41 Å². The highest BCUT2D eigenvalue weighted by atomic mass is 28.4. The topological polar surface area (TPSA) is 26.3 Å². The Bertz CT molecular complexity index is 384. The van der Waals surface area contributed by atoms with Gasteiger partial charge < -0.3 is 4.43 Å². The second kappa shape index (κ2) is 4.51. The Morgan fingerprint density at radius 1 is 1.22 bits per heavy atom. The molecule has 0 saturated carbocycles. The Morgan fingerprint density at radius 3 is 2.17 bits per heavy atom. The van der Waals surface area contributed by atoms with Crippen LogP contribution in [0.4, 0.5) is 0 Å². The van der Waals surface area contributed by atoms with E-state index in [1.54, 1.807) is 0 Å². The third-order valence-corrected chi connectivity index (χ3v) is 8.90. The lowest BCUT2D eigenvalue weighted by molar-refractivity contribution is -0.124. The molecule has 0 spiro atoms. The van der Waals surface area contributed by atoms with Crippen LogP contribution in [-0.2, 0) is 9.22 Å². The van der Waals surface area contributed by atoms with Crippen LogP contribution in [0.25, 0.3) is 0 Å². The van der Waals surface area contributed by atoms with E-state index in [0.29, 0.717) is 0 Å². The van der Waals surface area contributed by atoms with Gasteiger partial charge in [0.1, 0.15) is 0 Å². The summed E-state index contributed by atoms with van der Waals surface area (Å²) < 4.78 is 6.32. The average Bonchev–Trinajstić information content (AvgIpc) is 2.18. The van der Waals surface area contributed by atoms with Crippen LogP contribution < -0.4 is 0 Å². The molecule has 1 rings (SSSR count). The summed E-state index contributed by atoms with van der Waals surface area (Å²) >= 11 is 0. The molecule has 0 aromatic carbocycles. The Kier molecular flexibility index (Phi) is 3.88. The van der Waals surface area contributed by atoms with E-state index in [-0.39, 0.29) is 16.2 Å². The normalized spacial score (nSPS) is 21.2. The first-order chi connectivity index (χ1) is 7.88. The molecule has 3 heteroatoms. The van der Waals surface area contributed by atoms with Gasteiger partial charge in [-0.15, -0.1) is 0 Å². The van der Waals surface area contributed by atoms with E-state index in [4.69, 9.17) is 4.43 Å². The first kappa shape index (κ1) is 15.5. The van der Waals surface area contributed by atoms with Crippen molar-refractivity contribution in [3.8, 4) is 0 Å². The van der Waals surface area contributed by atoms with Crippen molar-refractivity contribution in [2.45, 2.75) is 72.5 Å². The van der Waals surface area contributed by atoms with Gasteiger partial charge in [0.2, 0.25) is 8.32 Å². The van der Waals surface area contributed by atoms with E-state index in [2.05, 4.69) is 33.9 Å². The van der Waals surface area contributed by atoms with Crippen LogP contribution in [0.1, 0.15) is 54.4 Å². The van der Waals surface area contributed by atoms with Crippen molar-refractivity contribution < 1.29 is 9.22 Å². The van der Waals surface area contributed by atoms with Gasteiger partial charge in [0.25, 0.3) is 0 Å². The maximum atomic E-state index is 12.3. The van der Waals surface area contributed by atoms with E-state index in [9.17, 15) is 4.79 Å². The Hall–Kier alpha value is -0.573. The number of hydrogen-bond donors (Lipinski definition) is 0. The summed E-state index contributed by atoms with van der Waals surface area (Å²) in [6.07, 6.45) is 1.80. The zero-order chi connectivity index (χ0) is 14.4. The van der Waals surface area contributed by atoms with Crippen LogP contribution in [0.2, 0.25) is 18.1 Å². The smallest absolute Gasteiger partial charge is 0.250 e. The zero-order valence-electron chi connectivity index (χ0n) is 13.2. The highest BCUT2D eigenvalue weighted by Crippen LogP contribution is 2.42. The molecular weight excluding hydrogens is 240 g/mol. The number of rotatable bonds is 2. The number of hydrogen-bond acceptors (Lipinski definition) is 2. The fraction of sp³-hybridized carbons (Fsp3) is 0.800. The van der Waals surface area contributed by atoms with Gasteiger partial charge in [0.15, 0.2) is 5.78 Å². The fourth-order valence-corrected chi connectivity index (χ4v) is 3.13. The van der Waals surface area contributed by atoms with E-state index < -0.39 is 8.32 Å². The van der Waals surface area contributed by atoms with E-state index in [0.717, 1.165) is 24.2 Å². The molecule has 0 heterocycles. The monoisotopic (exact) mass is 268 g/mol. The van der Waals surface area contributed by atoms with Gasteiger partial charge in [-0.05, 0) is 31.5 Å². The molecule has 0 aliphatic heterocycles. The molecule has 0 N–H and O–H groups in total. The predicted molar refractivity (Wildman–Crippen MR) is 79.0 cm³/mol. The van der Waals surface area contributed by atoms with E-state index >= 15 is 0 Å². The van der Waals surface area contributed by atoms with Gasteiger partial charge in [-0.3, -0.25) is 4.79 Å². The van der Waals surface area contributed by atoms with Crippen molar-refractivity contribution in [3.63, 3.8) is 0 Å². The zero-order valence-corrected chi connectivity index (χ0v) is 14.2. The van der Waals surface area contributed by atoms with Crippen LogP contribution in [0.5, 0.6) is 0 Å². The summed E-state index contributed by atoms with van der Waals surface area (Å²) in [5.74, 6) is 1.20. The molecule has 18 heavy (non-hydrogen) atoms. The third-order valence-electron chi connectivity index (χ3n) is 4.54. The Balaban J connectivity index is 3.00. The predicted octanol–water partition coefficient (Wildman–Crippen LogP) is 4.67. The molecule has 0 aromatic rings. The molecule has 0 saturated heterocycles. The summed E-state index contributed by atoms with van der Waals surface area (Å²) in [5, 5.41) is 0.177. The molecule has 0 radical (unpaired) electrons. The Morgan fingerprint density at radius 2 is 1.72 bits per heavy atom. The summed E-state index contributed by atoms with van der Waals surface area (Å²) in [6, 6.07) is 0. The second-order valence-corrected chi connectivity index (χ2v) is 12.3. The Labute approximate surface area is 113 Å². The van der Waals surface area contributed by atoms with Crippen molar-refractivity contribution in [1.82, 2.24) is 0 Å². The van der Waals surface area contributed by atoms with Crippen LogP contribution in [0.3, 0.4) is 0 Å². The number of allylic oxidation sites excluding steroid dienone is 2. The maximum Gasteiger partial charge on any atom is 0.250 e. The minimum Gasteiger partial charge on any atom is -0.546 e. The largest absolute Gasteiger partial charge is 0.546 e. The van der Waals surface area contributed by atoms with Gasteiger partial charge in [-0.1, -0.05) is 34.6 Å². The van der Waals surface area contributed by atoms with Crippen LogP contribution >= 0.6 is 0 Å². The minimum absolute atomic E-state index is 0.177. The molecule has 0 unspecified atom stereocenters. The van der Waals surface area contributed by atoms with Gasteiger partial charge >= 0.3 is 0 Å². The molecule has 0 bridgehead atoms. The van der Waals surface area contributed by atoms with Crippen molar-refractivity contribution in [3.05, 3.63) is 11.3 Å². The van der Waals surface area contributed by atoms with Crippen molar-refractivity contribution in [1.29, 1.82) is 0 Å². The third kappa shape index (κ3) is 2.87. The molecule has 0 atom stereocenters. The van der Waals surface area contributed by atoms with Crippen LogP contribution in [-0.4, -0.2) is 14.1 Å². The van der Waals surface area contributed by atoms with Crippen LogP contribution in [0.15, 0.2) is 11.3 Å². The number of carbonyl (C=O) groups excluding carboxylic acids is 1. The first-order valence-corrected chi connectivity index (χ1v) is 9.73. The molecule has 1 aliphatic rings. The standard InChI is InChI=1S/C15H28O2Si/c1-11-12(9-10-15(5,6)13(11)16)17-18(7,8)14(2,3)4/h9-10H2,1-8H3. The molecule has 0 aromatic heterocycles. The van der Waals surface area contributed by atoms with Gasteiger partial charge in [-0.25, -0.2) is 0 Å². The SMILES string of the molecule is CC1=C(O[Si](C)(C)C(C)(C)C)CCC(C)(C)C1=O. The number of ketones is 1. The van der Waals surface area contributed by atoms with Crippen molar-refractivity contribution >= 4 is 14.1 Å². The van der Waals surface area contributed by atoms with Crippen LogP contribution in [0, 0.1) is 5.41 Å².